The highest BCUT2D eigenvalue weighted by Gasteiger charge is 2.33. The van der Waals surface area contributed by atoms with Gasteiger partial charge >= 0.3 is 0 Å². The first kappa shape index (κ1) is 16.7. The molecule has 1 saturated carbocycles. The summed E-state index contributed by atoms with van der Waals surface area (Å²) >= 11 is 0. The van der Waals surface area contributed by atoms with Crippen LogP contribution in [0.1, 0.15) is 54.4 Å². The molecular weight excluding hydrogens is 332 g/mol. The lowest BCUT2D eigenvalue weighted by Gasteiger charge is -2.22. The molecule has 0 amide bonds. The second-order valence-corrected chi connectivity index (χ2v) is 10.7. The lowest BCUT2D eigenvalue weighted by Crippen LogP contribution is -2.21. The third-order valence-electron chi connectivity index (χ3n) is 4.83. The largest absolute Gasteiger partial charge is 0.228 e. The van der Waals surface area contributed by atoms with Gasteiger partial charge in [-0.3, -0.25) is 0 Å². The predicted molar refractivity (Wildman–Crippen MR) is 91.7 cm³/mol. The van der Waals surface area contributed by atoms with Gasteiger partial charge in [0, 0.05) is 5.41 Å². The fourth-order valence-corrected chi connectivity index (χ4v) is 7.33. The maximum Gasteiger partial charge on any atom is 0.172 e. The molecule has 1 aromatic carbocycles. The molecule has 2 aliphatic rings. The summed E-state index contributed by atoms with van der Waals surface area (Å²) in [6.07, 6.45) is 7.38. The smallest absolute Gasteiger partial charge is 0.172 e. The molecule has 23 heavy (non-hydrogen) atoms. The topological polar surface area (TPSA) is 68.3 Å². The van der Waals surface area contributed by atoms with Crippen molar-refractivity contribution >= 4 is 19.7 Å². The number of rotatable bonds is 2. The third-order valence-corrected chi connectivity index (χ3v) is 8.41. The van der Waals surface area contributed by atoms with E-state index >= 15 is 0 Å². The van der Waals surface area contributed by atoms with Crippen LogP contribution >= 0.6 is 0 Å². The lowest BCUT2D eigenvalue weighted by atomic mass is 9.84. The molecule has 4 nitrogen and oxygen atoms in total. The van der Waals surface area contributed by atoms with Crippen molar-refractivity contribution in [2.24, 2.45) is 0 Å². The van der Waals surface area contributed by atoms with Gasteiger partial charge in [0.1, 0.15) is 5.25 Å². The molecule has 0 N–H and O–H groups in total. The van der Waals surface area contributed by atoms with E-state index in [2.05, 4.69) is 0 Å². The minimum Gasteiger partial charge on any atom is -0.228 e. The predicted octanol–water partition coefficient (Wildman–Crippen LogP) is 3.13. The monoisotopic (exact) mass is 354 g/mol. The summed E-state index contributed by atoms with van der Waals surface area (Å²) in [6.45, 7) is 0. The zero-order valence-electron chi connectivity index (χ0n) is 13.0. The summed E-state index contributed by atoms with van der Waals surface area (Å²) in [6, 6.07) is 7.55. The van der Waals surface area contributed by atoms with Gasteiger partial charge in [-0.1, -0.05) is 49.6 Å². The molecule has 1 aliphatic heterocycles. The molecule has 0 spiro atoms. The first-order chi connectivity index (χ1) is 10.9. The first-order valence-corrected chi connectivity index (χ1v) is 11.5. The van der Waals surface area contributed by atoms with E-state index in [1.54, 1.807) is 12.1 Å². The van der Waals surface area contributed by atoms with Crippen molar-refractivity contribution in [2.45, 2.75) is 43.3 Å². The molecular formula is C17H22O4S2. The van der Waals surface area contributed by atoms with Gasteiger partial charge in [-0.25, -0.2) is 16.8 Å². The van der Waals surface area contributed by atoms with Crippen LogP contribution in [0.2, 0.25) is 0 Å². The van der Waals surface area contributed by atoms with Crippen LogP contribution in [0.25, 0.3) is 0 Å². The SMILES string of the molecule is O=S1(=O)C=CCS(=O)(=O)C(c2ccc(C3CCCCC3)cc2)C1. The Bertz CT molecular complexity index is 784. The summed E-state index contributed by atoms with van der Waals surface area (Å²) in [5.74, 6) is -0.0375. The number of hydrogen-bond donors (Lipinski definition) is 0. The van der Waals surface area contributed by atoms with E-state index in [1.165, 1.54) is 43.7 Å². The second-order valence-electron chi connectivity index (χ2n) is 6.52. The lowest BCUT2D eigenvalue weighted by molar-refractivity contribution is 0.443. The van der Waals surface area contributed by atoms with Crippen LogP contribution in [-0.2, 0) is 19.7 Å². The minimum absolute atomic E-state index is 0.221. The average Bonchev–Trinajstić information content (AvgIpc) is 2.64. The Balaban J connectivity index is 1.88. The van der Waals surface area contributed by atoms with Gasteiger partial charge in [0.2, 0.25) is 0 Å². The molecule has 6 heteroatoms. The van der Waals surface area contributed by atoms with Crippen LogP contribution in [0.5, 0.6) is 0 Å². The van der Waals surface area contributed by atoms with E-state index in [9.17, 15) is 16.8 Å². The number of hydrogen-bond acceptors (Lipinski definition) is 4. The Hall–Kier alpha value is -1.14. The van der Waals surface area contributed by atoms with Crippen molar-refractivity contribution in [2.75, 3.05) is 11.5 Å². The molecule has 1 heterocycles. The van der Waals surface area contributed by atoms with Crippen molar-refractivity contribution in [3.05, 3.63) is 46.9 Å². The summed E-state index contributed by atoms with van der Waals surface area (Å²) in [7, 11) is -6.97. The van der Waals surface area contributed by atoms with E-state index in [4.69, 9.17) is 0 Å². The molecule has 1 aromatic rings. The van der Waals surface area contributed by atoms with Gasteiger partial charge in [0.25, 0.3) is 0 Å². The fraction of sp³-hybridized carbons (Fsp3) is 0.529. The van der Waals surface area contributed by atoms with Crippen LogP contribution in [0.3, 0.4) is 0 Å². The molecule has 1 aliphatic carbocycles. The molecule has 126 valence electrons. The summed E-state index contributed by atoms with van der Waals surface area (Å²) < 4.78 is 48.5. The quantitative estimate of drug-likeness (QED) is 0.818. The standard InChI is InChI=1S/C17H22O4S2/c18-22(19)11-4-12-23(20,21)17(13-22)16-9-7-15(8-10-16)14-5-2-1-3-6-14/h4,7-11,14,17H,1-3,5-6,12-13H2. The molecule has 1 unspecified atom stereocenters. The fourth-order valence-electron chi connectivity index (χ4n) is 3.53. The van der Waals surface area contributed by atoms with Crippen LogP contribution in [-0.4, -0.2) is 28.3 Å². The number of benzene rings is 1. The Morgan fingerprint density at radius 3 is 2.09 bits per heavy atom. The van der Waals surface area contributed by atoms with Gasteiger partial charge < -0.3 is 0 Å². The van der Waals surface area contributed by atoms with Crippen molar-refractivity contribution in [1.82, 2.24) is 0 Å². The minimum atomic E-state index is -3.49. The molecule has 0 bridgehead atoms. The second kappa shape index (κ2) is 6.40. The van der Waals surface area contributed by atoms with Crippen LogP contribution in [0, 0.1) is 0 Å². The summed E-state index contributed by atoms with van der Waals surface area (Å²) in [4.78, 5) is 0. The third kappa shape index (κ3) is 3.86. The maximum absolute atomic E-state index is 12.4. The van der Waals surface area contributed by atoms with Crippen molar-refractivity contribution < 1.29 is 16.8 Å². The molecule has 3 rings (SSSR count). The van der Waals surface area contributed by atoms with Crippen LogP contribution in [0.15, 0.2) is 35.7 Å². The maximum atomic E-state index is 12.4. The summed E-state index contributed by atoms with van der Waals surface area (Å²) in [5, 5.41) is 0.0592. The van der Waals surface area contributed by atoms with Crippen LogP contribution < -0.4 is 0 Å². The van der Waals surface area contributed by atoms with Crippen molar-refractivity contribution in [3.63, 3.8) is 0 Å². The van der Waals surface area contributed by atoms with Crippen LogP contribution in [0.4, 0.5) is 0 Å². The van der Waals surface area contributed by atoms with Crippen molar-refractivity contribution in [1.29, 1.82) is 0 Å². The molecule has 1 fully saturated rings. The van der Waals surface area contributed by atoms with E-state index in [1.807, 2.05) is 12.1 Å². The average molecular weight is 354 g/mol. The van der Waals surface area contributed by atoms with E-state index in [0.29, 0.717) is 11.5 Å². The van der Waals surface area contributed by atoms with E-state index in [-0.39, 0.29) is 11.5 Å². The molecule has 0 aromatic heterocycles. The highest BCUT2D eigenvalue weighted by Crippen LogP contribution is 2.34. The highest BCUT2D eigenvalue weighted by atomic mass is 32.2. The molecule has 0 saturated heterocycles. The molecule has 1 atom stereocenters. The Labute approximate surface area is 138 Å². The zero-order chi connectivity index (χ0) is 16.5. The highest BCUT2D eigenvalue weighted by molar-refractivity contribution is 7.97. The van der Waals surface area contributed by atoms with Gasteiger partial charge in [0.05, 0.1) is 11.5 Å². The van der Waals surface area contributed by atoms with Gasteiger partial charge in [-0.15, -0.1) is 0 Å². The summed E-state index contributed by atoms with van der Waals surface area (Å²) in [5.41, 5.74) is 1.82. The Morgan fingerprint density at radius 2 is 1.43 bits per heavy atom. The van der Waals surface area contributed by atoms with Gasteiger partial charge in [-0.2, -0.15) is 0 Å². The Morgan fingerprint density at radius 1 is 0.826 bits per heavy atom. The van der Waals surface area contributed by atoms with E-state index < -0.39 is 24.9 Å². The normalized spacial score (nSPS) is 27.4. The first-order valence-electron chi connectivity index (χ1n) is 8.08. The zero-order valence-corrected chi connectivity index (χ0v) is 14.7. The van der Waals surface area contributed by atoms with Gasteiger partial charge in [0.15, 0.2) is 19.7 Å². The van der Waals surface area contributed by atoms with E-state index in [0.717, 1.165) is 5.41 Å². The number of sulfone groups is 2. The van der Waals surface area contributed by atoms with Gasteiger partial charge in [-0.05, 0) is 29.9 Å². The molecule has 0 radical (unpaired) electrons. The van der Waals surface area contributed by atoms with Crippen molar-refractivity contribution in [3.8, 4) is 0 Å². The Kier molecular flexibility index (Phi) is 4.65.